The van der Waals surface area contributed by atoms with E-state index in [2.05, 4.69) is 5.32 Å². The Morgan fingerprint density at radius 2 is 2.08 bits per heavy atom. The lowest BCUT2D eigenvalue weighted by atomic mass is 10.1. The second-order valence-corrected chi connectivity index (χ2v) is 2.60. The molecule has 5 N–H and O–H groups in total. The van der Waals surface area contributed by atoms with Crippen molar-refractivity contribution in [3.8, 4) is 0 Å². The Morgan fingerprint density at radius 1 is 1.50 bits per heavy atom. The maximum atomic E-state index is 11.1. The predicted molar refractivity (Wildman–Crippen MR) is 41.9 cm³/mol. The van der Waals surface area contributed by atoms with E-state index < -0.39 is 24.1 Å². The van der Waals surface area contributed by atoms with Gasteiger partial charge in [-0.15, -0.1) is 0 Å². The fraction of sp³-hybridized carbons (Fsp3) is 0.667. The number of carbonyl (C=O) groups excluding carboxylic acids is 2. The van der Waals surface area contributed by atoms with Crippen molar-refractivity contribution in [3.05, 3.63) is 0 Å². The first-order valence-electron chi connectivity index (χ1n) is 3.70. The molecule has 6 heteroatoms. The second-order valence-electron chi connectivity index (χ2n) is 2.60. The highest BCUT2D eigenvalue weighted by Crippen LogP contribution is 2.03. The van der Waals surface area contributed by atoms with Crippen LogP contribution in [0, 0.1) is 0 Å². The van der Waals surface area contributed by atoms with Gasteiger partial charge < -0.3 is 16.4 Å². The van der Waals surface area contributed by atoms with E-state index in [0.29, 0.717) is 6.54 Å². The lowest BCUT2D eigenvalue weighted by molar-refractivity contribution is -0.124. The summed E-state index contributed by atoms with van der Waals surface area (Å²) in [6.45, 7) is 2.20. The molecule has 6 nitrogen and oxygen atoms in total. The number of nitrogens with zero attached hydrogens (tertiary/aromatic N) is 1. The van der Waals surface area contributed by atoms with Gasteiger partial charge >= 0.3 is 6.03 Å². The summed E-state index contributed by atoms with van der Waals surface area (Å²) in [5.74, 6) is -0.516. The zero-order valence-corrected chi connectivity index (χ0v) is 6.78. The Morgan fingerprint density at radius 3 is 2.58 bits per heavy atom. The Balaban J connectivity index is 2.79. The van der Waals surface area contributed by atoms with Crippen LogP contribution in [0.4, 0.5) is 4.79 Å². The molecule has 2 unspecified atom stereocenters. The molecule has 0 aromatic heterocycles. The first kappa shape index (κ1) is 8.95. The van der Waals surface area contributed by atoms with E-state index in [1.165, 1.54) is 4.90 Å². The molecule has 0 saturated carbocycles. The van der Waals surface area contributed by atoms with Crippen LogP contribution >= 0.6 is 0 Å². The van der Waals surface area contributed by atoms with Gasteiger partial charge in [0.15, 0.2) is 0 Å². The van der Waals surface area contributed by atoms with Crippen LogP contribution in [0.3, 0.4) is 0 Å². The number of imide groups is 1. The minimum Gasteiger partial charge on any atom is -0.317 e. The van der Waals surface area contributed by atoms with Crippen LogP contribution in [-0.2, 0) is 4.79 Å². The molecule has 1 heterocycles. The summed E-state index contributed by atoms with van der Waals surface area (Å²) in [7, 11) is 0. The summed E-state index contributed by atoms with van der Waals surface area (Å²) in [5.41, 5.74) is 11.0. The smallest absolute Gasteiger partial charge is 0.317 e. The van der Waals surface area contributed by atoms with Crippen LogP contribution < -0.4 is 16.8 Å². The number of nitrogens with one attached hydrogen (secondary N) is 1. The molecule has 0 radical (unpaired) electrons. The van der Waals surface area contributed by atoms with Gasteiger partial charge in [-0.05, 0) is 6.92 Å². The molecule has 1 rings (SSSR count). The number of nitrogens with two attached hydrogens (primary N) is 2. The van der Waals surface area contributed by atoms with E-state index in [4.69, 9.17) is 11.5 Å². The molecule has 0 aromatic rings. The van der Waals surface area contributed by atoms with Crippen molar-refractivity contribution in [1.29, 1.82) is 0 Å². The lowest BCUT2D eigenvalue weighted by Gasteiger charge is -2.35. The maximum Gasteiger partial charge on any atom is 0.325 e. The number of hydrogen-bond acceptors (Lipinski definition) is 4. The summed E-state index contributed by atoms with van der Waals surface area (Å²) in [5, 5.41) is 2.10. The Labute approximate surface area is 69.9 Å². The largest absolute Gasteiger partial charge is 0.325 e. The van der Waals surface area contributed by atoms with Gasteiger partial charge in [-0.1, -0.05) is 0 Å². The average Bonchev–Trinajstić information content (AvgIpc) is 2.01. The molecule has 68 valence electrons. The van der Waals surface area contributed by atoms with Gasteiger partial charge in [-0.25, -0.2) is 4.79 Å². The number of urea groups is 1. The zero-order chi connectivity index (χ0) is 9.30. The fourth-order valence-electron chi connectivity index (χ4n) is 1.10. The van der Waals surface area contributed by atoms with Crippen LogP contribution in [0.5, 0.6) is 0 Å². The number of rotatable bonds is 1. The van der Waals surface area contributed by atoms with Crippen molar-refractivity contribution in [2.75, 3.05) is 6.54 Å². The molecule has 2 atom stereocenters. The molecule has 12 heavy (non-hydrogen) atoms. The summed E-state index contributed by atoms with van der Waals surface area (Å²) < 4.78 is 0. The van der Waals surface area contributed by atoms with Gasteiger partial charge in [0.2, 0.25) is 5.91 Å². The second kappa shape index (κ2) is 3.08. The number of hydrogen-bond donors (Lipinski definition) is 3. The van der Waals surface area contributed by atoms with E-state index in [-0.39, 0.29) is 0 Å². The number of likely N-dealkylation sites (N-methyl/N-ethyl adjacent to an activating group) is 1. The highest BCUT2D eigenvalue weighted by atomic mass is 16.2. The molecule has 1 saturated heterocycles. The van der Waals surface area contributed by atoms with E-state index in [1.807, 2.05) is 0 Å². The first-order valence-corrected chi connectivity index (χ1v) is 3.70. The van der Waals surface area contributed by atoms with Crippen molar-refractivity contribution < 1.29 is 9.59 Å². The first-order chi connectivity index (χ1) is 5.57. The van der Waals surface area contributed by atoms with Gasteiger partial charge in [0.25, 0.3) is 0 Å². The van der Waals surface area contributed by atoms with E-state index >= 15 is 0 Å². The normalized spacial score (nSPS) is 30.4. The molecule has 0 spiro atoms. The van der Waals surface area contributed by atoms with Crippen LogP contribution in [-0.4, -0.2) is 35.6 Å². The summed E-state index contributed by atoms with van der Waals surface area (Å²) in [4.78, 5) is 23.3. The number of amides is 3. The SMILES string of the molecule is CCN1C(=O)NC(=O)C(N)C1N. The van der Waals surface area contributed by atoms with Gasteiger partial charge in [0.05, 0.1) is 0 Å². The Bertz CT molecular complexity index is 218. The van der Waals surface area contributed by atoms with Crippen molar-refractivity contribution in [3.63, 3.8) is 0 Å². The molecular formula is C6H12N4O2. The fourth-order valence-corrected chi connectivity index (χ4v) is 1.10. The standard InChI is InChI=1S/C6H12N4O2/c1-2-10-4(8)3(7)5(11)9-6(10)12/h3-4H,2,7-8H2,1H3,(H,9,11,12). The van der Waals surface area contributed by atoms with E-state index in [1.54, 1.807) is 6.92 Å². The minimum absolute atomic E-state index is 0.438. The van der Waals surface area contributed by atoms with Gasteiger partial charge in [-0.3, -0.25) is 10.1 Å². The third-order valence-corrected chi connectivity index (χ3v) is 1.86. The monoisotopic (exact) mass is 172 g/mol. The van der Waals surface area contributed by atoms with Crippen LogP contribution in [0.25, 0.3) is 0 Å². The van der Waals surface area contributed by atoms with Gasteiger partial charge in [0, 0.05) is 6.54 Å². The van der Waals surface area contributed by atoms with Crippen molar-refractivity contribution in [2.24, 2.45) is 11.5 Å². The third-order valence-electron chi connectivity index (χ3n) is 1.86. The Hall–Kier alpha value is -1.14. The van der Waals surface area contributed by atoms with Crippen molar-refractivity contribution >= 4 is 11.9 Å². The quantitative estimate of drug-likeness (QED) is 0.433. The van der Waals surface area contributed by atoms with Gasteiger partial charge in [0.1, 0.15) is 12.2 Å². The minimum atomic E-state index is -0.831. The van der Waals surface area contributed by atoms with Crippen LogP contribution in [0.15, 0.2) is 0 Å². The molecule has 0 aromatic carbocycles. The lowest BCUT2D eigenvalue weighted by Crippen LogP contribution is -2.68. The number of carbonyl (C=O) groups is 2. The average molecular weight is 172 g/mol. The van der Waals surface area contributed by atoms with Crippen molar-refractivity contribution in [1.82, 2.24) is 10.2 Å². The Kier molecular flexibility index (Phi) is 2.30. The summed E-state index contributed by atoms with van der Waals surface area (Å²) >= 11 is 0. The highest BCUT2D eigenvalue weighted by molar-refractivity contribution is 6.00. The third kappa shape index (κ3) is 1.26. The maximum absolute atomic E-state index is 11.1. The molecule has 1 aliphatic rings. The van der Waals surface area contributed by atoms with E-state index in [0.717, 1.165) is 0 Å². The van der Waals surface area contributed by atoms with Crippen LogP contribution in [0.2, 0.25) is 0 Å². The molecule has 0 bridgehead atoms. The van der Waals surface area contributed by atoms with E-state index in [9.17, 15) is 9.59 Å². The highest BCUT2D eigenvalue weighted by Gasteiger charge is 2.35. The predicted octanol–water partition coefficient (Wildman–Crippen LogP) is -1.83. The zero-order valence-electron chi connectivity index (χ0n) is 6.78. The molecule has 0 aliphatic carbocycles. The molecular weight excluding hydrogens is 160 g/mol. The summed E-state index contributed by atoms with van der Waals surface area (Å²) in [6.07, 6.45) is -0.712. The summed E-state index contributed by atoms with van der Waals surface area (Å²) in [6, 6.07) is -1.31. The topological polar surface area (TPSA) is 101 Å². The molecule has 3 amide bonds. The van der Waals surface area contributed by atoms with Crippen LogP contribution in [0.1, 0.15) is 6.92 Å². The molecule has 1 aliphatic heterocycles. The van der Waals surface area contributed by atoms with Crippen molar-refractivity contribution in [2.45, 2.75) is 19.1 Å². The molecule has 1 fully saturated rings. The van der Waals surface area contributed by atoms with Gasteiger partial charge in [-0.2, -0.15) is 0 Å².